The Kier molecular flexibility index (Phi) is 5.51. The molecule has 1 atom stereocenters. The average Bonchev–Trinajstić information content (AvgIpc) is 2.27. The lowest BCUT2D eigenvalue weighted by Crippen LogP contribution is -2.40. The second kappa shape index (κ2) is 6.49. The summed E-state index contributed by atoms with van der Waals surface area (Å²) in [5.74, 6) is -1.17. The maximum atomic E-state index is 12.1. The number of rotatable bonds is 6. The van der Waals surface area contributed by atoms with E-state index in [9.17, 15) is 13.2 Å². The SMILES string of the molecule is CCC[C@H](NS(=O)(=O)c1ccc(C)cc1Br)C(=O)O. The first-order valence-corrected chi connectivity index (χ1v) is 8.07. The van der Waals surface area contributed by atoms with Crippen LogP contribution in [0.25, 0.3) is 0 Å². The number of hydrogen-bond acceptors (Lipinski definition) is 3. The highest BCUT2D eigenvalue weighted by atomic mass is 79.9. The van der Waals surface area contributed by atoms with E-state index in [1.54, 1.807) is 19.1 Å². The minimum absolute atomic E-state index is 0.0421. The molecule has 0 fully saturated rings. The predicted molar refractivity (Wildman–Crippen MR) is 75.5 cm³/mol. The average molecular weight is 350 g/mol. The molecule has 19 heavy (non-hydrogen) atoms. The van der Waals surface area contributed by atoms with Gasteiger partial charge in [-0.1, -0.05) is 19.4 Å². The Morgan fingerprint density at radius 1 is 1.47 bits per heavy atom. The molecule has 0 spiro atoms. The summed E-state index contributed by atoms with van der Waals surface area (Å²) in [6.45, 7) is 3.64. The Morgan fingerprint density at radius 3 is 2.58 bits per heavy atom. The van der Waals surface area contributed by atoms with Crippen LogP contribution in [0.5, 0.6) is 0 Å². The van der Waals surface area contributed by atoms with Gasteiger partial charge in [0.2, 0.25) is 10.0 Å². The summed E-state index contributed by atoms with van der Waals surface area (Å²) in [6.07, 6.45) is 0.826. The first kappa shape index (κ1) is 16.1. The summed E-state index contributed by atoms with van der Waals surface area (Å²) < 4.78 is 26.9. The number of carbonyl (C=O) groups is 1. The van der Waals surface area contributed by atoms with Gasteiger partial charge in [-0.15, -0.1) is 0 Å². The fourth-order valence-electron chi connectivity index (χ4n) is 1.60. The molecule has 0 aromatic heterocycles. The van der Waals surface area contributed by atoms with Crippen LogP contribution in [-0.2, 0) is 14.8 Å². The van der Waals surface area contributed by atoms with E-state index in [0.29, 0.717) is 10.9 Å². The molecule has 5 nitrogen and oxygen atoms in total. The van der Waals surface area contributed by atoms with Crippen molar-refractivity contribution in [2.45, 2.75) is 37.6 Å². The van der Waals surface area contributed by atoms with Crippen molar-refractivity contribution >= 4 is 31.9 Å². The van der Waals surface area contributed by atoms with Gasteiger partial charge in [0.25, 0.3) is 0 Å². The number of carboxylic acids is 1. The van der Waals surface area contributed by atoms with E-state index >= 15 is 0 Å². The van der Waals surface area contributed by atoms with Crippen molar-refractivity contribution < 1.29 is 18.3 Å². The maximum Gasteiger partial charge on any atom is 0.321 e. The van der Waals surface area contributed by atoms with Crippen LogP contribution in [-0.4, -0.2) is 25.5 Å². The molecule has 1 aromatic rings. The summed E-state index contributed by atoms with van der Waals surface area (Å²) in [4.78, 5) is 11.0. The van der Waals surface area contributed by atoms with Gasteiger partial charge in [0, 0.05) is 4.47 Å². The van der Waals surface area contributed by atoms with Gasteiger partial charge in [0.1, 0.15) is 6.04 Å². The van der Waals surface area contributed by atoms with Gasteiger partial charge in [0.05, 0.1) is 4.90 Å². The van der Waals surface area contributed by atoms with Gasteiger partial charge in [-0.3, -0.25) is 4.79 Å². The standard InChI is InChI=1S/C12H16BrNO4S/c1-3-4-10(12(15)16)14-19(17,18)11-6-5-8(2)7-9(11)13/h5-7,10,14H,3-4H2,1-2H3,(H,15,16)/t10-/m0/s1. The van der Waals surface area contributed by atoms with E-state index in [-0.39, 0.29) is 11.3 Å². The largest absolute Gasteiger partial charge is 0.480 e. The lowest BCUT2D eigenvalue weighted by molar-refractivity contribution is -0.139. The van der Waals surface area contributed by atoms with Gasteiger partial charge in [-0.2, -0.15) is 4.72 Å². The molecule has 7 heteroatoms. The lowest BCUT2D eigenvalue weighted by atomic mass is 10.2. The van der Waals surface area contributed by atoms with Crippen molar-refractivity contribution in [1.82, 2.24) is 4.72 Å². The van der Waals surface area contributed by atoms with Gasteiger partial charge in [0.15, 0.2) is 0 Å². The minimum Gasteiger partial charge on any atom is -0.480 e. The van der Waals surface area contributed by atoms with Gasteiger partial charge < -0.3 is 5.11 Å². The summed E-state index contributed by atoms with van der Waals surface area (Å²) in [5, 5.41) is 8.99. The number of nitrogens with one attached hydrogen (secondary N) is 1. The van der Waals surface area contributed by atoms with Crippen molar-refractivity contribution in [2.75, 3.05) is 0 Å². The highest BCUT2D eigenvalue weighted by Gasteiger charge is 2.25. The molecule has 1 aromatic carbocycles. The second-order valence-electron chi connectivity index (χ2n) is 4.23. The van der Waals surface area contributed by atoms with Crippen molar-refractivity contribution in [3.05, 3.63) is 28.2 Å². The van der Waals surface area contributed by atoms with Crippen molar-refractivity contribution in [1.29, 1.82) is 0 Å². The van der Waals surface area contributed by atoms with Crippen LogP contribution in [0.3, 0.4) is 0 Å². The normalized spacial score (nSPS) is 13.2. The zero-order chi connectivity index (χ0) is 14.6. The Hall–Kier alpha value is -0.920. The smallest absolute Gasteiger partial charge is 0.321 e. The van der Waals surface area contributed by atoms with Crippen molar-refractivity contribution in [2.24, 2.45) is 0 Å². The van der Waals surface area contributed by atoms with E-state index in [0.717, 1.165) is 5.56 Å². The van der Waals surface area contributed by atoms with E-state index in [1.807, 2.05) is 6.92 Å². The summed E-state index contributed by atoms with van der Waals surface area (Å²) in [7, 11) is -3.85. The van der Waals surface area contributed by atoms with Gasteiger partial charge >= 0.3 is 5.97 Å². The molecule has 1 rings (SSSR count). The Morgan fingerprint density at radius 2 is 2.11 bits per heavy atom. The fraction of sp³-hybridized carbons (Fsp3) is 0.417. The molecular formula is C12H16BrNO4S. The Labute approximate surface area is 121 Å². The van der Waals surface area contributed by atoms with E-state index < -0.39 is 22.0 Å². The number of benzene rings is 1. The molecule has 2 N–H and O–H groups in total. The van der Waals surface area contributed by atoms with Crippen LogP contribution < -0.4 is 4.72 Å². The minimum atomic E-state index is -3.85. The fourth-order valence-corrected chi connectivity index (χ4v) is 4.01. The molecule has 0 saturated carbocycles. The number of aryl methyl sites for hydroxylation is 1. The third-order valence-corrected chi connectivity index (χ3v) is 5.00. The molecule has 0 heterocycles. The molecule has 0 bridgehead atoms. The zero-order valence-corrected chi connectivity index (χ0v) is 13.1. The number of carboxylic acid groups (broad SMARTS) is 1. The molecule has 0 saturated heterocycles. The molecule has 0 aliphatic carbocycles. The number of halogens is 1. The number of hydrogen-bond donors (Lipinski definition) is 2. The second-order valence-corrected chi connectivity index (χ2v) is 6.77. The van der Waals surface area contributed by atoms with Crippen LogP contribution in [0.1, 0.15) is 25.3 Å². The maximum absolute atomic E-state index is 12.1. The third kappa shape index (κ3) is 4.29. The molecule has 0 amide bonds. The van der Waals surface area contributed by atoms with E-state index in [1.165, 1.54) is 6.07 Å². The van der Waals surface area contributed by atoms with E-state index in [2.05, 4.69) is 20.7 Å². The lowest BCUT2D eigenvalue weighted by Gasteiger charge is -2.15. The van der Waals surface area contributed by atoms with Crippen LogP contribution in [0.2, 0.25) is 0 Å². The molecule has 0 unspecified atom stereocenters. The predicted octanol–water partition coefficient (Wildman–Crippen LogP) is 2.29. The highest BCUT2D eigenvalue weighted by molar-refractivity contribution is 9.10. The highest BCUT2D eigenvalue weighted by Crippen LogP contribution is 2.23. The van der Waals surface area contributed by atoms with Gasteiger partial charge in [-0.05, 0) is 47.0 Å². The molecule has 0 aliphatic heterocycles. The summed E-state index contributed by atoms with van der Waals surface area (Å²) >= 11 is 3.18. The van der Waals surface area contributed by atoms with Crippen molar-refractivity contribution in [3.63, 3.8) is 0 Å². The van der Waals surface area contributed by atoms with Crippen LogP contribution in [0.4, 0.5) is 0 Å². The first-order chi connectivity index (χ1) is 8.77. The Bertz CT molecular complexity index is 571. The first-order valence-electron chi connectivity index (χ1n) is 5.79. The van der Waals surface area contributed by atoms with Gasteiger partial charge in [-0.25, -0.2) is 8.42 Å². The zero-order valence-electron chi connectivity index (χ0n) is 10.7. The molecule has 0 aliphatic rings. The van der Waals surface area contributed by atoms with Crippen LogP contribution in [0.15, 0.2) is 27.6 Å². The third-order valence-electron chi connectivity index (χ3n) is 2.55. The monoisotopic (exact) mass is 349 g/mol. The summed E-state index contributed by atoms with van der Waals surface area (Å²) in [5.41, 5.74) is 0.911. The van der Waals surface area contributed by atoms with Crippen LogP contribution in [0, 0.1) is 6.92 Å². The number of sulfonamides is 1. The topological polar surface area (TPSA) is 83.5 Å². The molecule has 106 valence electrons. The van der Waals surface area contributed by atoms with Crippen LogP contribution >= 0.6 is 15.9 Å². The number of aliphatic carboxylic acids is 1. The molecular weight excluding hydrogens is 334 g/mol. The Balaban J connectivity index is 3.06. The van der Waals surface area contributed by atoms with E-state index in [4.69, 9.17) is 5.11 Å². The molecule has 0 radical (unpaired) electrons. The van der Waals surface area contributed by atoms with Crippen molar-refractivity contribution in [3.8, 4) is 0 Å². The summed E-state index contributed by atoms with van der Waals surface area (Å²) in [6, 6.07) is 3.68. The quantitative estimate of drug-likeness (QED) is 0.825.